The molecular weight excluding hydrogens is 133 g/mol. The molecule has 0 aromatic carbocycles. The fourth-order valence-electron chi connectivity index (χ4n) is 1.91. The Morgan fingerprint density at radius 3 is 2.18 bits per heavy atom. The van der Waals surface area contributed by atoms with Crippen LogP contribution in [0.4, 0.5) is 0 Å². The predicted octanol–water partition coefficient (Wildman–Crippen LogP) is 1.58. The van der Waals surface area contributed by atoms with E-state index >= 15 is 0 Å². The first-order valence-electron chi connectivity index (χ1n) is 4.93. The zero-order valence-electron chi connectivity index (χ0n) is 8.14. The van der Waals surface area contributed by atoms with Crippen LogP contribution in [0.3, 0.4) is 0 Å². The molecule has 0 N–H and O–H groups in total. The van der Waals surface area contributed by atoms with Gasteiger partial charge in [-0.15, -0.1) is 0 Å². The summed E-state index contributed by atoms with van der Waals surface area (Å²) < 4.78 is 0. The van der Waals surface area contributed by atoms with Crippen molar-refractivity contribution in [2.24, 2.45) is 0 Å². The van der Waals surface area contributed by atoms with Crippen LogP contribution in [0.5, 0.6) is 0 Å². The van der Waals surface area contributed by atoms with Crippen LogP contribution in [0.25, 0.3) is 0 Å². The van der Waals surface area contributed by atoms with Crippen LogP contribution in [0.15, 0.2) is 0 Å². The zero-order chi connectivity index (χ0) is 8.27. The number of rotatable bonds is 2. The van der Waals surface area contributed by atoms with Crippen LogP contribution >= 0.6 is 0 Å². The fraction of sp³-hybridized carbons (Fsp3) is 1.00. The Labute approximate surface area is 71.6 Å². The maximum absolute atomic E-state index is 2.53. The van der Waals surface area contributed by atoms with Gasteiger partial charge in [0, 0.05) is 0 Å². The maximum atomic E-state index is 2.53. The molecule has 1 aliphatic carbocycles. The average molecular weight is 153 g/mol. The molecule has 0 spiro atoms. The van der Waals surface area contributed by atoms with Crippen molar-refractivity contribution in [2.75, 3.05) is 0 Å². The zero-order valence-corrected chi connectivity index (χ0v) is 8.14. The summed E-state index contributed by atoms with van der Waals surface area (Å²) in [6.07, 6.45) is 7.20. The summed E-state index contributed by atoms with van der Waals surface area (Å²) >= 11 is 0. The van der Waals surface area contributed by atoms with Gasteiger partial charge in [0.25, 0.3) is 0 Å². The van der Waals surface area contributed by atoms with E-state index in [2.05, 4.69) is 26.6 Å². The highest BCUT2D eigenvalue weighted by atomic mass is 15.1. The first kappa shape index (κ1) is 9.12. The molecule has 1 rings (SSSR count). The molecule has 0 aliphatic heterocycles. The van der Waals surface area contributed by atoms with E-state index in [-0.39, 0.29) is 0 Å². The highest BCUT2D eigenvalue weighted by molar-refractivity contribution is 6.04. The van der Waals surface area contributed by atoms with E-state index in [9.17, 15) is 0 Å². The molecule has 0 radical (unpaired) electrons. The van der Waals surface area contributed by atoms with Gasteiger partial charge in [-0.25, -0.2) is 0 Å². The molecule has 2 heteroatoms. The third kappa shape index (κ3) is 2.51. The van der Waals surface area contributed by atoms with E-state index in [4.69, 9.17) is 0 Å². The van der Waals surface area contributed by atoms with Crippen molar-refractivity contribution in [1.82, 2.24) is 4.81 Å². The van der Waals surface area contributed by atoms with Crippen LogP contribution in [0.1, 0.15) is 46.0 Å². The van der Waals surface area contributed by atoms with E-state index < -0.39 is 0 Å². The monoisotopic (exact) mass is 153 g/mol. The Hall–Kier alpha value is 0.0249. The van der Waals surface area contributed by atoms with Crippen molar-refractivity contribution in [3.8, 4) is 0 Å². The van der Waals surface area contributed by atoms with Gasteiger partial charge in [0.1, 0.15) is 0 Å². The van der Waals surface area contributed by atoms with Crippen molar-refractivity contribution < 1.29 is 0 Å². The van der Waals surface area contributed by atoms with Crippen LogP contribution in [0, 0.1) is 0 Å². The number of hydrogen-bond donors (Lipinski definition) is 0. The topological polar surface area (TPSA) is 3.24 Å². The lowest BCUT2D eigenvalue weighted by atomic mass is 9.91. The van der Waals surface area contributed by atoms with Crippen LogP contribution in [0.2, 0.25) is 0 Å². The quantitative estimate of drug-likeness (QED) is 0.544. The second kappa shape index (κ2) is 4.15. The van der Waals surface area contributed by atoms with E-state index in [0.29, 0.717) is 0 Å². The third-order valence-corrected chi connectivity index (χ3v) is 2.97. The molecule has 0 saturated heterocycles. The van der Waals surface area contributed by atoms with Crippen molar-refractivity contribution in [3.05, 3.63) is 0 Å². The second-order valence-electron chi connectivity index (χ2n) is 4.05. The molecule has 1 fully saturated rings. The maximum Gasteiger partial charge on any atom is 0.186 e. The molecule has 0 unspecified atom stereocenters. The van der Waals surface area contributed by atoms with E-state index in [0.717, 1.165) is 12.1 Å². The minimum Gasteiger partial charge on any atom is -0.344 e. The first-order chi connectivity index (χ1) is 5.22. The largest absolute Gasteiger partial charge is 0.344 e. The third-order valence-electron chi connectivity index (χ3n) is 2.97. The average Bonchev–Trinajstić information content (AvgIpc) is 2.05. The molecule has 0 aromatic heterocycles. The van der Waals surface area contributed by atoms with Crippen LogP contribution in [-0.2, 0) is 0 Å². The predicted molar refractivity (Wildman–Crippen MR) is 52.4 cm³/mol. The summed E-state index contributed by atoms with van der Waals surface area (Å²) in [4.78, 5) is 2.53. The van der Waals surface area contributed by atoms with E-state index in [1.165, 1.54) is 32.1 Å². The summed E-state index contributed by atoms with van der Waals surface area (Å²) in [6, 6.07) is 1.60. The Kier molecular flexibility index (Phi) is 3.44. The number of nitrogens with zero attached hydrogens (tertiary/aromatic N) is 1. The van der Waals surface area contributed by atoms with Gasteiger partial charge in [-0.05, 0) is 24.9 Å². The van der Waals surface area contributed by atoms with Gasteiger partial charge in [-0.2, -0.15) is 0 Å². The molecule has 0 bridgehead atoms. The normalized spacial score (nSPS) is 21.5. The highest BCUT2D eigenvalue weighted by Crippen LogP contribution is 2.22. The minimum atomic E-state index is 0.720. The summed E-state index contributed by atoms with van der Waals surface area (Å²) in [7, 11) is 2.26. The summed E-state index contributed by atoms with van der Waals surface area (Å²) in [5, 5.41) is 0. The lowest BCUT2D eigenvalue weighted by molar-refractivity contribution is 0.228. The lowest BCUT2D eigenvalue weighted by Gasteiger charge is -2.34. The first-order valence-corrected chi connectivity index (χ1v) is 4.93. The van der Waals surface area contributed by atoms with Crippen LogP contribution in [-0.4, -0.2) is 24.9 Å². The van der Waals surface area contributed by atoms with Crippen molar-refractivity contribution >= 4 is 7.98 Å². The van der Waals surface area contributed by atoms with Gasteiger partial charge in [0.15, 0.2) is 7.98 Å². The summed E-state index contributed by atoms with van der Waals surface area (Å²) in [6.45, 7) is 4.57. The van der Waals surface area contributed by atoms with Gasteiger partial charge in [-0.3, -0.25) is 0 Å². The Bertz CT molecular complexity index is 108. The molecular formula is C9H20BN. The molecule has 0 aromatic rings. The fourth-order valence-corrected chi connectivity index (χ4v) is 1.91. The Morgan fingerprint density at radius 1 is 1.18 bits per heavy atom. The summed E-state index contributed by atoms with van der Waals surface area (Å²) in [5.41, 5.74) is 0. The van der Waals surface area contributed by atoms with Gasteiger partial charge in [0.05, 0.1) is 0 Å². The molecule has 11 heavy (non-hydrogen) atoms. The summed E-state index contributed by atoms with van der Waals surface area (Å²) in [5.74, 6) is 0. The molecule has 0 atom stereocenters. The molecule has 64 valence electrons. The standard InChI is InChI=1S/C9H20BN/c1-8(2)11(10)9-6-4-3-5-7-9/h8-9H,3-7,10H2,1-2H3. The molecule has 1 nitrogen and oxygen atoms in total. The molecule has 0 amide bonds. The van der Waals surface area contributed by atoms with Gasteiger partial charge in [0.2, 0.25) is 0 Å². The molecule has 0 heterocycles. The van der Waals surface area contributed by atoms with Crippen LogP contribution < -0.4 is 0 Å². The van der Waals surface area contributed by atoms with Crippen molar-refractivity contribution in [3.63, 3.8) is 0 Å². The Morgan fingerprint density at radius 2 is 1.73 bits per heavy atom. The van der Waals surface area contributed by atoms with E-state index in [1.807, 2.05) is 0 Å². The smallest absolute Gasteiger partial charge is 0.186 e. The van der Waals surface area contributed by atoms with Gasteiger partial charge >= 0.3 is 0 Å². The second-order valence-corrected chi connectivity index (χ2v) is 4.05. The van der Waals surface area contributed by atoms with Crippen molar-refractivity contribution in [1.29, 1.82) is 0 Å². The molecule has 1 aliphatic rings. The van der Waals surface area contributed by atoms with Gasteiger partial charge in [-0.1, -0.05) is 33.1 Å². The molecule has 1 saturated carbocycles. The highest BCUT2D eigenvalue weighted by Gasteiger charge is 2.18. The van der Waals surface area contributed by atoms with Crippen molar-refractivity contribution in [2.45, 2.75) is 58.0 Å². The Balaban J connectivity index is 2.32. The lowest BCUT2D eigenvalue weighted by Crippen LogP contribution is -2.39. The SMILES string of the molecule is BN(C(C)C)C1CCCCC1. The number of hydrogen-bond acceptors (Lipinski definition) is 1. The minimum absolute atomic E-state index is 0.720. The van der Waals surface area contributed by atoms with E-state index in [1.54, 1.807) is 0 Å². The van der Waals surface area contributed by atoms with Gasteiger partial charge < -0.3 is 4.81 Å².